The van der Waals surface area contributed by atoms with Crippen LogP contribution in [-0.4, -0.2) is 0 Å². The van der Waals surface area contributed by atoms with Gasteiger partial charge in [-0.1, -0.05) is 6.07 Å². The molecule has 2 N–H and O–H groups in total. The minimum atomic E-state index is -2.83. The number of rotatable bonds is 1. The minimum absolute atomic E-state index is 0.0679. The van der Waals surface area contributed by atoms with Crippen molar-refractivity contribution in [2.75, 3.05) is 5.73 Å². The summed E-state index contributed by atoms with van der Waals surface area (Å²) in [4.78, 5) is 0.383. The molecule has 0 atom stereocenters. The molecule has 66 valence electrons. The zero-order chi connectivity index (χ0) is 9.35. The Balaban J connectivity index is 3.14. The number of nitrogen functional groups attached to an aromatic ring is 1. The molecule has 0 aromatic heterocycles. The molecule has 0 bridgehead atoms. The van der Waals surface area contributed by atoms with Gasteiger partial charge in [0.25, 0.3) is 5.92 Å². The molecule has 0 fully saturated rings. The highest BCUT2D eigenvalue weighted by Crippen LogP contribution is 2.30. The summed E-state index contributed by atoms with van der Waals surface area (Å²) in [5.41, 5.74) is 5.75. The van der Waals surface area contributed by atoms with Crippen LogP contribution < -0.4 is 5.73 Å². The Hall–Kier alpha value is -0.770. The highest BCUT2D eigenvalue weighted by Gasteiger charge is 2.24. The normalized spacial score (nSPS) is 11.7. The predicted molar refractivity (Wildman–Crippen MR) is 47.7 cm³/mol. The molecule has 1 nitrogen and oxygen atoms in total. The SMILES string of the molecule is CC(F)(F)c1ccc(N)c(S)c1. The van der Waals surface area contributed by atoms with Gasteiger partial charge in [-0.3, -0.25) is 0 Å². The molecule has 0 radical (unpaired) electrons. The molecule has 0 heterocycles. The molecule has 4 heteroatoms. The minimum Gasteiger partial charge on any atom is -0.398 e. The van der Waals surface area contributed by atoms with Crippen LogP contribution in [0.25, 0.3) is 0 Å². The third-order valence-electron chi connectivity index (χ3n) is 1.54. The molecule has 0 saturated heterocycles. The third kappa shape index (κ3) is 1.88. The van der Waals surface area contributed by atoms with E-state index in [2.05, 4.69) is 12.6 Å². The largest absolute Gasteiger partial charge is 0.398 e. The van der Waals surface area contributed by atoms with E-state index in [0.717, 1.165) is 6.92 Å². The lowest BCUT2D eigenvalue weighted by atomic mass is 10.1. The standard InChI is InChI=1S/C8H9F2NS/c1-8(9,10)5-2-3-6(11)7(12)4-5/h2-4,12H,11H2,1H3. The van der Waals surface area contributed by atoms with Crippen molar-refractivity contribution in [2.24, 2.45) is 0 Å². The van der Waals surface area contributed by atoms with E-state index in [4.69, 9.17) is 5.73 Å². The molecule has 1 aromatic rings. The van der Waals surface area contributed by atoms with Crippen LogP contribution in [0.2, 0.25) is 0 Å². The van der Waals surface area contributed by atoms with Gasteiger partial charge >= 0.3 is 0 Å². The summed E-state index contributed by atoms with van der Waals surface area (Å²) in [5.74, 6) is -2.83. The zero-order valence-corrected chi connectivity index (χ0v) is 7.41. The van der Waals surface area contributed by atoms with Gasteiger partial charge in [0.1, 0.15) is 0 Å². The van der Waals surface area contributed by atoms with Crippen LogP contribution in [0, 0.1) is 0 Å². The van der Waals surface area contributed by atoms with Crippen LogP contribution in [0.3, 0.4) is 0 Å². The van der Waals surface area contributed by atoms with E-state index >= 15 is 0 Å². The highest BCUT2D eigenvalue weighted by molar-refractivity contribution is 7.80. The number of halogens is 2. The van der Waals surface area contributed by atoms with Crippen molar-refractivity contribution in [1.82, 2.24) is 0 Å². The maximum Gasteiger partial charge on any atom is 0.270 e. The summed E-state index contributed by atoms with van der Waals surface area (Å²) in [6.07, 6.45) is 0. The van der Waals surface area contributed by atoms with E-state index < -0.39 is 5.92 Å². The number of nitrogens with two attached hydrogens (primary N) is 1. The van der Waals surface area contributed by atoms with Gasteiger partial charge in [-0.05, 0) is 12.1 Å². The molecule has 0 unspecified atom stereocenters. The Morgan fingerprint density at radius 2 is 2.00 bits per heavy atom. The van der Waals surface area contributed by atoms with Gasteiger partial charge < -0.3 is 5.73 Å². The first-order valence-electron chi connectivity index (χ1n) is 3.38. The number of anilines is 1. The van der Waals surface area contributed by atoms with Crippen LogP contribution >= 0.6 is 12.6 Å². The van der Waals surface area contributed by atoms with E-state index in [1.807, 2.05) is 0 Å². The van der Waals surface area contributed by atoms with Crippen molar-refractivity contribution < 1.29 is 8.78 Å². The van der Waals surface area contributed by atoms with Gasteiger partial charge in [-0.2, -0.15) is 0 Å². The van der Waals surface area contributed by atoms with E-state index in [1.54, 1.807) is 0 Å². The Labute approximate surface area is 75.0 Å². The van der Waals surface area contributed by atoms with Gasteiger partial charge in [0.15, 0.2) is 0 Å². The number of alkyl halides is 2. The summed E-state index contributed by atoms with van der Waals surface area (Å²) in [5, 5.41) is 0. The lowest BCUT2D eigenvalue weighted by Gasteiger charge is -2.11. The van der Waals surface area contributed by atoms with Crippen molar-refractivity contribution in [1.29, 1.82) is 0 Å². The van der Waals surface area contributed by atoms with E-state index in [1.165, 1.54) is 18.2 Å². The van der Waals surface area contributed by atoms with Gasteiger partial charge in [0.05, 0.1) is 0 Å². The van der Waals surface area contributed by atoms with E-state index in [9.17, 15) is 8.78 Å². The Morgan fingerprint density at radius 3 is 2.42 bits per heavy atom. The number of hydrogen-bond acceptors (Lipinski definition) is 2. The fourth-order valence-electron chi connectivity index (χ4n) is 0.817. The van der Waals surface area contributed by atoms with Crippen molar-refractivity contribution >= 4 is 18.3 Å². The Bertz CT molecular complexity index is 294. The van der Waals surface area contributed by atoms with Gasteiger partial charge in [0.2, 0.25) is 0 Å². The first-order valence-corrected chi connectivity index (χ1v) is 3.83. The molecule has 0 aliphatic carbocycles. The monoisotopic (exact) mass is 189 g/mol. The fourth-order valence-corrected chi connectivity index (χ4v) is 1.03. The molecule has 0 aliphatic rings. The van der Waals surface area contributed by atoms with Crippen LogP contribution in [0.5, 0.6) is 0 Å². The Morgan fingerprint density at radius 1 is 1.42 bits per heavy atom. The molecule has 1 aromatic carbocycles. The molecule has 12 heavy (non-hydrogen) atoms. The van der Waals surface area contributed by atoms with Crippen molar-refractivity contribution in [3.63, 3.8) is 0 Å². The topological polar surface area (TPSA) is 26.0 Å². The summed E-state index contributed by atoms with van der Waals surface area (Å²) >= 11 is 3.94. The number of hydrogen-bond donors (Lipinski definition) is 2. The second-order valence-electron chi connectivity index (χ2n) is 2.66. The fraction of sp³-hybridized carbons (Fsp3) is 0.250. The molecule has 1 rings (SSSR count). The van der Waals surface area contributed by atoms with Crippen LogP contribution in [0.4, 0.5) is 14.5 Å². The van der Waals surface area contributed by atoms with Crippen molar-refractivity contribution in [2.45, 2.75) is 17.7 Å². The van der Waals surface area contributed by atoms with Crippen molar-refractivity contribution in [3.8, 4) is 0 Å². The summed E-state index contributed by atoms with van der Waals surface area (Å²) in [6, 6.07) is 4.00. The first kappa shape index (κ1) is 9.32. The average molecular weight is 189 g/mol. The average Bonchev–Trinajstić information content (AvgIpc) is 1.92. The first-order chi connectivity index (χ1) is 5.41. The van der Waals surface area contributed by atoms with Gasteiger partial charge in [-0.25, -0.2) is 8.78 Å². The maximum absolute atomic E-state index is 12.7. The molecule has 0 amide bonds. The zero-order valence-electron chi connectivity index (χ0n) is 6.51. The molecular formula is C8H9F2NS. The lowest BCUT2D eigenvalue weighted by Crippen LogP contribution is -2.07. The molecule has 0 saturated carbocycles. The number of benzene rings is 1. The van der Waals surface area contributed by atoms with Crippen LogP contribution in [-0.2, 0) is 5.92 Å². The van der Waals surface area contributed by atoms with E-state index in [-0.39, 0.29) is 5.56 Å². The highest BCUT2D eigenvalue weighted by atomic mass is 32.1. The van der Waals surface area contributed by atoms with Gasteiger partial charge in [0, 0.05) is 23.1 Å². The van der Waals surface area contributed by atoms with Gasteiger partial charge in [-0.15, -0.1) is 12.6 Å². The Kier molecular flexibility index (Phi) is 2.28. The molecule has 0 spiro atoms. The second kappa shape index (κ2) is 2.94. The summed E-state index contributed by atoms with van der Waals surface area (Å²) in [7, 11) is 0. The quantitative estimate of drug-likeness (QED) is 0.515. The van der Waals surface area contributed by atoms with Crippen molar-refractivity contribution in [3.05, 3.63) is 23.8 Å². The predicted octanol–water partition coefficient (Wildman–Crippen LogP) is 2.67. The molecule has 0 aliphatic heterocycles. The smallest absolute Gasteiger partial charge is 0.270 e. The van der Waals surface area contributed by atoms with E-state index in [0.29, 0.717) is 10.6 Å². The van der Waals surface area contributed by atoms with Crippen LogP contribution in [0.15, 0.2) is 23.1 Å². The summed E-state index contributed by atoms with van der Waals surface area (Å²) in [6.45, 7) is 0.839. The summed E-state index contributed by atoms with van der Waals surface area (Å²) < 4.78 is 25.4. The third-order valence-corrected chi connectivity index (χ3v) is 1.92. The lowest BCUT2D eigenvalue weighted by molar-refractivity contribution is 0.0173. The number of thiol groups is 1. The molecular weight excluding hydrogens is 180 g/mol. The maximum atomic E-state index is 12.7. The second-order valence-corrected chi connectivity index (χ2v) is 3.14. The van der Waals surface area contributed by atoms with Crippen LogP contribution in [0.1, 0.15) is 12.5 Å².